The number of carbonyl (C=O) groups excluding carboxylic acids is 2. The van der Waals surface area contributed by atoms with Crippen LogP contribution in [-0.2, 0) is 4.74 Å². The molecule has 1 aliphatic heterocycles. The summed E-state index contributed by atoms with van der Waals surface area (Å²) in [7, 11) is 0. The smallest absolute Gasteiger partial charge is 0.268 e. The number of amides is 2. The van der Waals surface area contributed by atoms with Gasteiger partial charge < -0.3 is 10.5 Å². The van der Waals surface area contributed by atoms with E-state index in [1.54, 1.807) is 6.07 Å². The van der Waals surface area contributed by atoms with Crippen LogP contribution in [0.15, 0.2) is 17.5 Å². The molecule has 2 amide bonds. The van der Waals surface area contributed by atoms with Crippen molar-refractivity contribution in [1.82, 2.24) is 9.88 Å². The number of thiazole rings is 1. The van der Waals surface area contributed by atoms with E-state index >= 15 is 0 Å². The van der Waals surface area contributed by atoms with Crippen LogP contribution >= 0.6 is 22.7 Å². The van der Waals surface area contributed by atoms with Crippen molar-refractivity contribution in [3.8, 4) is 0 Å². The lowest BCUT2D eigenvalue weighted by atomic mass is 10.1. The van der Waals surface area contributed by atoms with Crippen LogP contribution in [0.1, 0.15) is 44.4 Å². The summed E-state index contributed by atoms with van der Waals surface area (Å²) in [5.41, 5.74) is 5.77. The molecule has 0 aliphatic carbocycles. The third-order valence-corrected chi connectivity index (χ3v) is 5.97. The quantitative estimate of drug-likeness (QED) is 0.802. The summed E-state index contributed by atoms with van der Waals surface area (Å²) < 4.78 is 5.41. The Hall–Kier alpha value is -1.81. The van der Waals surface area contributed by atoms with Gasteiger partial charge in [-0.2, -0.15) is 0 Å². The van der Waals surface area contributed by atoms with Crippen molar-refractivity contribution in [2.75, 3.05) is 31.6 Å². The summed E-state index contributed by atoms with van der Waals surface area (Å²) in [6, 6.07) is 3.59. The first-order chi connectivity index (χ1) is 12.1. The number of rotatable bonds is 6. The second-order valence-electron chi connectivity index (χ2n) is 5.60. The number of hydrogen-bond donors (Lipinski definition) is 2. The predicted molar refractivity (Wildman–Crippen MR) is 98.3 cm³/mol. The second kappa shape index (κ2) is 8.05. The molecule has 3 heterocycles. The molecule has 2 aromatic heterocycles. The summed E-state index contributed by atoms with van der Waals surface area (Å²) in [6.45, 7) is 5.00. The minimum Gasteiger partial charge on any atom is -0.379 e. The van der Waals surface area contributed by atoms with Crippen molar-refractivity contribution >= 4 is 39.6 Å². The topological polar surface area (TPSA) is 97.6 Å². The molecule has 1 aliphatic rings. The highest BCUT2D eigenvalue weighted by atomic mass is 32.1. The number of morpholine rings is 1. The van der Waals surface area contributed by atoms with Gasteiger partial charge >= 0.3 is 0 Å². The van der Waals surface area contributed by atoms with Gasteiger partial charge in [-0.05, 0) is 17.9 Å². The molecule has 3 rings (SSSR count). The van der Waals surface area contributed by atoms with Crippen LogP contribution < -0.4 is 11.1 Å². The molecule has 3 N–H and O–H groups in total. The molecule has 0 radical (unpaired) electrons. The summed E-state index contributed by atoms with van der Waals surface area (Å²) >= 11 is 2.67. The van der Waals surface area contributed by atoms with Gasteiger partial charge in [0.2, 0.25) is 0 Å². The number of carbonyl (C=O) groups is 2. The van der Waals surface area contributed by atoms with Crippen molar-refractivity contribution in [3.63, 3.8) is 0 Å². The number of aromatic nitrogens is 1. The summed E-state index contributed by atoms with van der Waals surface area (Å²) in [6.07, 6.45) is 0.820. The lowest BCUT2D eigenvalue weighted by Gasteiger charge is -2.33. The fourth-order valence-corrected chi connectivity index (χ4v) is 4.66. The first-order valence-corrected chi connectivity index (χ1v) is 9.77. The molecule has 1 atom stereocenters. The molecule has 1 fully saturated rings. The molecule has 1 saturated heterocycles. The molecule has 0 spiro atoms. The van der Waals surface area contributed by atoms with E-state index < -0.39 is 5.91 Å². The Morgan fingerprint density at radius 2 is 2.20 bits per heavy atom. The maximum absolute atomic E-state index is 12.2. The van der Waals surface area contributed by atoms with Gasteiger partial charge in [-0.25, -0.2) is 4.98 Å². The molecule has 0 bridgehead atoms. The van der Waals surface area contributed by atoms with Gasteiger partial charge in [-0.1, -0.05) is 24.3 Å². The molecule has 0 aromatic carbocycles. The molecule has 0 saturated carbocycles. The average molecular weight is 380 g/mol. The Labute approximate surface area is 153 Å². The Morgan fingerprint density at radius 3 is 2.80 bits per heavy atom. The number of nitrogens with two attached hydrogens (primary N) is 1. The van der Waals surface area contributed by atoms with Crippen molar-refractivity contribution in [3.05, 3.63) is 33.0 Å². The molecular formula is C16H20N4O3S2. The molecular weight excluding hydrogens is 360 g/mol. The van der Waals surface area contributed by atoms with Crippen LogP contribution in [0.25, 0.3) is 0 Å². The number of nitrogens with zero attached hydrogens (tertiary/aromatic N) is 2. The number of nitrogens with one attached hydrogen (secondary N) is 1. The van der Waals surface area contributed by atoms with Crippen molar-refractivity contribution < 1.29 is 14.3 Å². The third kappa shape index (κ3) is 4.06. The first-order valence-electron chi connectivity index (χ1n) is 8.07. The number of ether oxygens (including phenoxy) is 1. The molecule has 9 heteroatoms. The number of primary amides is 1. The van der Waals surface area contributed by atoms with Gasteiger partial charge in [0.05, 0.1) is 23.0 Å². The molecule has 2 aromatic rings. The zero-order chi connectivity index (χ0) is 17.8. The van der Waals surface area contributed by atoms with Gasteiger partial charge in [0.15, 0.2) is 5.13 Å². The minimum atomic E-state index is -0.574. The molecule has 1 unspecified atom stereocenters. The van der Waals surface area contributed by atoms with E-state index in [0.29, 0.717) is 23.2 Å². The van der Waals surface area contributed by atoms with E-state index in [9.17, 15) is 9.59 Å². The lowest BCUT2D eigenvalue weighted by molar-refractivity contribution is 0.0158. The van der Waals surface area contributed by atoms with Crippen LogP contribution in [0.3, 0.4) is 0 Å². The fraction of sp³-hybridized carbons (Fsp3) is 0.438. The normalized spacial score (nSPS) is 16.5. The van der Waals surface area contributed by atoms with Gasteiger partial charge in [0, 0.05) is 19.1 Å². The SMILES string of the molecule is CCC(c1sc(NC(=O)c2cccs2)nc1C(N)=O)N1CCOCC1. The highest BCUT2D eigenvalue weighted by Crippen LogP contribution is 2.35. The zero-order valence-electron chi connectivity index (χ0n) is 13.9. The number of thiophene rings is 1. The van der Waals surface area contributed by atoms with E-state index in [4.69, 9.17) is 10.5 Å². The highest BCUT2D eigenvalue weighted by molar-refractivity contribution is 7.16. The Bertz CT molecular complexity index is 739. The van der Waals surface area contributed by atoms with Gasteiger partial charge in [0.1, 0.15) is 5.69 Å². The van der Waals surface area contributed by atoms with E-state index in [-0.39, 0.29) is 17.6 Å². The third-order valence-electron chi connectivity index (χ3n) is 4.03. The Balaban J connectivity index is 1.86. The zero-order valence-corrected chi connectivity index (χ0v) is 15.5. The standard InChI is InChI=1S/C16H20N4O3S2/c1-2-10(20-5-7-23-8-6-20)13-12(14(17)21)18-16(25-13)19-15(22)11-4-3-9-24-11/h3-4,9-10H,2,5-8H2,1H3,(H2,17,21)(H,18,19,22). The highest BCUT2D eigenvalue weighted by Gasteiger charge is 2.28. The minimum absolute atomic E-state index is 0.0382. The Morgan fingerprint density at radius 1 is 1.44 bits per heavy atom. The van der Waals surface area contributed by atoms with Crippen LogP contribution in [0, 0.1) is 0 Å². The van der Waals surface area contributed by atoms with E-state index in [1.165, 1.54) is 22.7 Å². The fourth-order valence-electron chi connectivity index (χ4n) is 2.85. The summed E-state index contributed by atoms with van der Waals surface area (Å²) in [5.74, 6) is -0.805. The van der Waals surface area contributed by atoms with Crippen molar-refractivity contribution in [1.29, 1.82) is 0 Å². The van der Waals surface area contributed by atoms with E-state index in [2.05, 4.69) is 22.1 Å². The van der Waals surface area contributed by atoms with Gasteiger partial charge in [-0.3, -0.25) is 19.8 Å². The van der Waals surface area contributed by atoms with Crippen LogP contribution in [0.4, 0.5) is 5.13 Å². The summed E-state index contributed by atoms with van der Waals surface area (Å²) in [4.78, 5) is 32.0. The monoisotopic (exact) mass is 380 g/mol. The predicted octanol–water partition coefficient (Wildman–Crippen LogP) is 2.34. The number of hydrogen-bond acceptors (Lipinski definition) is 7. The van der Waals surface area contributed by atoms with Gasteiger partial charge in [-0.15, -0.1) is 11.3 Å². The van der Waals surface area contributed by atoms with Crippen LogP contribution in [0.5, 0.6) is 0 Å². The van der Waals surface area contributed by atoms with E-state index in [0.717, 1.165) is 24.4 Å². The van der Waals surface area contributed by atoms with Gasteiger partial charge in [0.25, 0.3) is 11.8 Å². The largest absolute Gasteiger partial charge is 0.379 e. The first kappa shape index (κ1) is 18.0. The van der Waals surface area contributed by atoms with Crippen molar-refractivity contribution in [2.24, 2.45) is 5.73 Å². The Kier molecular flexibility index (Phi) is 5.79. The maximum atomic E-state index is 12.2. The lowest BCUT2D eigenvalue weighted by Crippen LogP contribution is -2.39. The second-order valence-corrected chi connectivity index (χ2v) is 7.58. The number of anilines is 1. The molecule has 134 valence electrons. The van der Waals surface area contributed by atoms with Crippen LogP contribution in [-0.4, -0.2) is 48.0 Å². The molecule has 7 nitrogen and oxygen atoms in total. The average Bonchev–Trinajstić information content (AvgIpc) is 3.27. The molecule has 25 heavy (non-hydrogen) atoms. The summed E-state index contributed by atoms with van der Waals surface area (Å²) in [5, 5.41) is 5.00. The van der Waals surface area contributed by atoms with E-state index in [1.807, 2.05) is 11.4 Å². The maximum Gasteiger partial charge on any atom is 0.268 e. The van der Waals surface area contributed by atoms with Crippen molar-refractivity contribution in [2.45, 2.75) is 19.4 Å². The van der Waals surface area contributed by atoms with Crippen LogP contribution in [0.2, 0.25) is 0 Å².